The van der Waals surface area contributed by atoms with Gasteiger partial charge in [-0.15, -0.1) is 0 Å². The number of hydrogen-bond donors (Lipinski definition) is 1. The number of nitrogens with one attached hydrogen (secondary N) is 1. The van der Waals surface area contributed by atoms with Crippen LogP contribution in [0.3, 0.4) is 0 Å². The molecule has 1 aliphatic rings. The average Bonchev–Trinajstić information content (AvgIpc) is 2.04. The van der Waals surface area contributed by atoms with Crippen LogP contribution in [0.25, 0.3) is 0 Å². The van der Waals surface area contributed by atoms with Crippen LogP contribution in [0, 0.1) is 5.82 Å². The van der Waals surface area contributed by atoms with Crippen molar-refractivity contribution in [2.24, 2.45) is 0 Å². The highest BCUT2D eigenvalue weighted by Gasteiger charge is 2.09. The second-order valence-corrected chi connectivity index (χ2v) is 2.88. The Kier molecular flexibility index (Phi) is 1.62. The van der Waals surface area contributed by atoms with Gasteiger partial charge in [0.05, 0.1) is 5.69 Å². The molecule has 0 fully saturated rings. The van der Waals surface area contributed by atoms with Crippen LogP contribution in [0.1, 0.15) is 0 Å². The largest absolute Gasteiger partial charge is 0.479 e. The molecule has 2 rings (SSSR count). The predicted octanol–water partition coefficient (Wildman–Crippen LogP) is 2.24. The SMILES string of the molecule is Fc1ccc2c(c1)NSCO2. The third kappa shape index (κ3) is 1.26. The molecule has 2 nitrogen and oxygen atoms in total. The molecule has 0 saturated carbocycles. The zero-order chi connectivity index (χ0) is 7.68. The third-order valence-electron chi connectivity index (χ3n) is 1.40. The Labute approximate surface area is 67.9 Å². The van der Waals surface area contributed by atoms with Gasteiger partial charge in [-0.2, -0.15) is 0 Å². The van der Waals surface area contributed by atoms with Gasteiger partial charge in [-0.3, -0.25) is 0 Å². The van der Waals surface area contributed by atoms with E-state index < -0.39 is 0 Å². The normalized spacial score (nSPS) is 14.6. The van der Waals surface area contributed by atoms with Gasteiger partial charge in [0.2, 0.25) is 0 Å². The minimum Gasteiger partial charge on any atom is -0.479 e. The van der Waals surface area contributed by atoms with Crippen LogP contribution in [0.4, 0.5) is 10.1 Å². The number of hydrogen-bond acceptors (Lipinski definition) is 3. The van der Waals surface area contributed by atoms with Crippen LogP contribution < -0.4 is 9.46 Å². The van der Waals surface area contributed by atoms with Crippen molar-refractivity contribution in [3.63, 3.8) is 0 Å². The molecule has 0 amide bonds. The molecule has 1 N–H and O–H groups in total. The highest BCUT2D eigenvalue weighted by Crippen LogP contribution is 2.31. The summed E-state index contributed by atoms with van der Waals surface area (Å²) < 4.78 is 20.8. The predicted molar refractivity (Wildman–Crippen MR) is 43.1 cm³/mol. The first kappa shape index (κ1) is 6.79. The van der Waals surface area contributed by atoms with Crippen LogP contribution in [0.15, 0.2) is 18.2 Å². The Morgan fingerprint density at radius 2 is 2.45 bits per heavy atom. The topological polar surface area (TPSA) is 21.3 Å². The van der Waals surface area contributed by atoms with Crippen LogP contribution in [0.5, 0.6) is 5.75 Å². The fraction of sp³-hybridized carbons (Fsp3) is 0.143. The van der Waals surface area contributed by atoms with Crippen molar-refractivity contribution >= 4 is 17.6 Å². The number of halogens is 1. The first-order valence-corrected chi connectivity index (χ1v) is 4.15. The number of benzene rings is 1. The molecule has 0 spiro atoms. The summed E-state index contributed by atoms with van der Waals surface area (Å²) in [6, 6.07) is 4.43. The molecule has 0 saturated heterocycles. The lowest BCUT2D eigenvalue weighted by Crippen LogP contribution is -2.05. The smallest absolute Gasteiger partial charge is 0.153 e. The zero-order valence-electron chi connectivity index (χ0n) is 5.63. The van der Waals surface area contributed by atoms with Gasteiger partial charge in [0.25, 0.3) is 0 Å². The molecule has 0 radical (unpaired) electrons. The molecule has 1 aromatic carbocycles. The molecule has 4 heteroatoms. The molecule has 0 aliphatic carbocycles. The van der Waals surface area contributed by atoms with Crippen molar-refractivity contribution in [1.29, 1.82) is 0 Å². The monoisotopic (exact) mass is 171 g/mol. The molecule has 1 aromatic rings. The van der Waals surface area contributed by atoms with Crippen molar-refractivity contribution in [1.82, 2.24) is 0 Å². The maximum absolute atomic E-state index is 12.6. The second kappa shape index (κ2) is 2.62. The van der Waals surface area contributed by atoms with E-state index in [1.165, 1.54) is 24.1 Å². The number of ether oxygens (including phenoxy) is 1. The van der Waals surface area contributed by atoms with Crippen LogP contribution in [-0.4, -0.2) is 5.94 Å². The Hall–Kier alpha value is -0.900. The summed E-state index contributed by atoms with van der Waals surface area (Å²) in [6.45, 7) is 0. The van der Waals surface area contributed by atoms with E-state index in [0.717, 1.165) is 0 Å². The van der Waals surface area contributed by atoms with Crippen molar-refractivity contribution in [3.05, 3.63) is 24.0 Å². The summed E-state index contributed by atoms with van der Waals surface area (Å²) >= 11 is 1.41. The maximum atomic E-state index is 12.6. The quantitative estimate of drug-likeness (QED) is 0.605. The minimum absolute atomic E-state index is 0.248. The number of rotatable bonds is 0. The van der Waals surface area contributed by atoms with E-state index in [0.29, 0.717) is 17.4 Å². The highest BCUT2D eigenvalue weighted by atomic mass is 32.2. The summed E-state index contributed by atoms with van der Waals surface area (Å²) in [5.74, 6) is 1.03. The van der Waals surface area contributed by atoms with Crippen LogP contribution in [0.2, 0.25) is 0 Å². The first-order chi connectivity index (χ1) is 5.36. The molecular formula is C7H6FNOS. The molecule has 0 atom stereocenters. The van der Waals surface area contributed by atoms with Gasteiger partial charge in [-0.1, -0.05) is 0 Å². The van der Waals surface area contributed by atoms with Crippen LogP contribution >= 0.6 is 11.9 Å². The van der Waals surface area contributed by atoms with Crippen molar-refractivity contribution in [2.75, 3.05) is 10.7 Å². The van der Waals surface area contributed by atoms with Crippen molar-refractivity contribution in [3.8, 4) is 5.75 Å². The zero-order valence-corrected chi connectivity index (χ0v) is 6.45. The number of anilines is 1. The van der Waals surface area contributed by atoms with E-state index in [1.807, 2.05) is 0 Å². The summed E-state index contributed by atoms with van der Waals surface area (Å²) in [7, 11) is 0. The van der Waals surface area contributed by atoms with Crippen molar-refractivity contribution in [2.45, 2.75) is 0 Å². The van der Waals surface area contributed by atoms with Crippen LogP contribution in [-0.2, 0) is 0 Å². The van der Waals surface area contributed by atoms with Gasteiger partial charge in [0.15, 0.2) is 5.94 Å². The fourth-order valence-electron chi connectivity index (χ4n) is 0.908. The second-order valence-electron chi connectivity index (χ2n) is 2.15. The molecule has 58 valence electrons. The number of fused-ring (bicyclic) bond motifs is 1. The molecule has 11 heavy (non-hydrogen) atoms. The molecule has 0 bridgehead atoms. The maximum Gasteiger partial charge on any atom is 0.153 e. The van der Waals surface area contributed by atoms with Gasteiger partial charge < -0.3 is 9.46 Å². The first-order valence-electron chi connectivity index (χ1n) is 3.16. The van der Waals surface area contributed by atoms with E-state index in [-0.39, 0.29) is 5.82 Å². The van der Waals surface area contributed by atoms with E-state index in [9.17, 15) is 4.39 Å². The lowest BCUT2D eigenvalue weighted by molar-refractivity contribution is 0.391. The molecule has 0 aromatic heterocycles. The van der Waals surface area contributed by atoms with Gasteiger partial charge in [0, 0.05) is 6.07 Å². The third-order valence-corrected chi connectivity index (χ3v) is 2.00. The highest BCUT2D eigenvalue weighted by molar-refractivity contribution is 8.00. The summed E-state index contributed by atoms with van der Waals surface area (Å²) in [5, 5.41) is 0. The Bertz CT molecular complexity index is 279. The standard InChI is InChI=1S/C7H6FNOS/c8-5-1-2-7-6(3-5)9-11-4-10-7/h1-3,9H,4H2. The molecule has 1 aliphatic heterocycles. The van der Waals surface area contributed by atoms with E-state index >= 15 is 0 Å². The van der Waals surface area contributed by atoms with Gasteiger partial charge in [-0.05, 0) is 24.1 Å². The van der Waals surface area contributed by atoms with Gasteiger partial charge in [-0.25, -0.2) is 4.39 Å². The minimum atomic E-state index is -0.248. The molecule has 0 unspecified atom stereocenters. The average molecular weight is 171 g/mol. The van der Waals surface area contributed by atoms with E-state index in [1.54, 1.807) is 6.07 Å². The molecular weight excluding hydrogens is 165 g/mol. The van der Waals surface area contributed by atoms with Crippen molar-refractivity contribution < 1.29 is 9.13 Å². The Balaban J connectivity index is 2.43. The van der Waals surface area contributed by atoms with E-state index in [4.69, 9.17) is 4.74 Å². The Morgan fingerprint density at radius 3 is 3.36 bits per heavy atom. The van der Waals surface area contributed by atoms with E-state index in [2.05, 4.69) is 4.72 Å². The van der Waals surface area contributed by atoms with Gasteiger partial charge in [0.1, 0.15) is 11.6 Å². The summed E-state index contributed by atoms with van der Waals surface area (Å²) in [5.41, 5.74) is 0.709. The fourth-order valence-corrected chi connectivity index (χ4v) is 1.47. The lowest BCUT2D eigenvalue weighted by Gasteiger charge is -2.17. The van der Waals surface area contributed by atoms with Gasteiger partial charge >= 0.3 is 0 Å². The summed E-state index contributed by atoms with van der Waals surface area (Å²) in [4.78, 5) is 0. The lowest BCUT2D eigenvalue weighted by atomic mass is 10.3. The summed E-state index contributed by atoms with van der Waals surface area (Å²) in [6.07, 6.45) is 0. The molecule has 1 heterocycles. The Morgan fingerprint density at radius 1 is 1.55 bits per heavy atom.